The van der Waals surface area contributed by atoms with E-state index < -0.39 is 0 Å². The van der Waals surface area contributed by atoms with Crippen molar-refractivity contribution in [3.05, 3.63) is 48.8 Å². The molecule has 0 aliphatic carbocycles. The Hall–Kier alpha value is -2.10. The number of allylic oxidation sites excluding steroid dienone is 3. The summed E-state index contributed by atoms with van der Waals surface area (Å²) in [7, 11) is 0. The number of piperazine rings is 1. The van der Waals surface area contributed by atoms with E-state index in [9.17, 15) is 4.79 Å². The van der Waals surface area contributed by atoms with Gasteiger partial charge >= 0.3 is 0 Å². The van der Waals surface area contributed by atoms with Crippen LogP contribution in [0.15, 0.2) is 48.8 Å². The highest BCUT2D eigenvalue weighted by Gasteiger charge is 2.19. The molecule has 1 fully saturated rings. The summed E-state index contributed by atoms with van der Waals surface area (Å²) < 4.78 is 0. The van der Waals surface area contributed by atoms with Crippen molar-refractivity contribution in [3.8, 4) is 0 Å². The first-order valence-corrected chi connectivity index (χ1v) is 6.54. The minimum atomic E-state index is 0.0903. The Morgan fingerprint density at radius 1 is 1.16 bits per heavy atom. The van der Waals surface area contributed by atoms with E-state index in [1.165, 1.54) is 5.69 Å². The van der Waals surface area contributed by atoms with Gasteiger partial charge in [0.1, 0.15) is 0 Å². The summed E-state index contributed by atoms with van der Waals surface area (Å²) >= 11 is 0. The number of hydrogen-bond acceptors (Lipinski definition) is 3. The molecule has 1 aromatic rings. The third kappa shape index (κ3) is 3.68. The minimum absolute atomic E-state index is 0.0903. The Labute approximate surface area is 114 Å². The highest BCUT2D eigenvalue weighted by molar-refractivity contribution is 5.88. The zero-order valence-electron chi connectivity index (χ0n) is 11.2. The smallest absolute Gasteiger partial charge is 0.246 e. The van der Waals surface area contributed by atoms with Gasteiger partial charge in [-0.15, -0.1) is 0 Å². The zero-order valence-corrected chi connectivity index (χ0v) is 11.2. The maximum absolute atomic E-state index is 11.9. The quantitative estimate of drug-likeness (QED) is 0.612. The van der Waals surface area contributed by atoms with Gasteiger partial charge in [0.25, 0.3) is 0 Å². The summed E-state index contributed by atoms with van der Waals surface area (Å²) in [5.41, 5.74) is 1.17. The van der Waals surface area contributed by atoms with E-state index in [0.29, 0.717) is 0 Å². The Morgan fingerprint density at radius 3 is 2.47 bits per heavy atom. The molecule has 100 valence electrons. The molecule has 0 saturated carbocycles. The lowest BCUT2D eigenvalue weighted by Crippen LogP contribution is -2.48. The summed E-state index contributed by atoms with van der Waals surface area (Å²) in [4.78, 5) is 20.1. The van der Waals surface area contributed by atoms with E-state index in [-0.39, 0.29) is 5.91 Å². The number of pyridine rings is 1. The first-order valence-electron chi connectivity index (χ1n) is 6.54. The van der Waals surface area contributed by atoms with Gasteiger partial charge in [-0.25, -0.2) is 0 Å². The number of amides is 1. The first kappa shape index (κ1) is 13.3. The molecule has 1 aliphatic rings. The lowest BCUT2D eigenvalue weighted by atomic mass is 10.2. The highest BCUT2D eigenvalue weighted by Crippen LogP contribution is 2.14. The highest BCUT2D eigenvalue weighted by atomic mass is 16.2. The van der Waals surface area contributed by atoms with E-state index in [1.54, 1.807) is 24.5 Å². The van der Waals surface area contributed by atoms with Crippen molar-refractivity contribution in [3.63, 3.8) is 0 Å². The van der Waals surface area contributed by atoms with Crippen molar-refractivity contribution in [2.45, 2.75) is 6.92 Å². The third-order valence-corrected chi connectivity index (χ3v) is 3.16. The Morgan fingerprint density at radius 2 is 1.84 bits per heavy atom. The molecule has 0 spiro atoms. The fourth-order valence-electron chi connectivity index (χ4n) is 2.09. The second-order valence-corrected chi connectivity index (χ2v) is 4.40. The van der Waals surface area contributed by atoms with Crippen molar-refractivity contribution >= 4 is 11.6 Å². The van der Waals surface area contributed by atoms with Crippen LogP contribution in [0.4, 0.5) is 5.69 Å². The van der Waals surface area contributed by atoms with E-state index in [2.05, 4.69) is 9.88 Å². The molecule has 19 heavy (non-hydrogen) atoms. The molecule has 4 nitrogen and oxygen atoms in total. The fraction of sp³-hybridized carbons (Fsp3) is 0.333. The monoisotopic (exact) mass is 257 g/mol. The fourth-order valence-corrected chi connectivity index (χ4v) is 2.09. The second kappa shape index (κ2) is 6.73. The van der Waals surface area contributed by atoms with Crippen LogP contribution in [0.25, 0.3) is 0 Å². The van der Waals surface area contributed by atoms with Crippen LogP contribution in [-0.2, 0) is 4.79 Å². The first-order chi connectivity index (χ1) is 9.31. The van der Waals surface area contributed by atoms with E-state index in [1.807, 2.05) is 36.1 Å². The molecule has 0 aromatic carbocycles. The maximum atomic E-state index is 11.9. The standard InChI is InChI=1S/C15H19N3O/c1-2-3-4-5-15(19)18-12-10-17(11-13-18)14-6-8-16-9-7-14/h2-9H,10-13H2,1H3/b3-2+,5-4+. The van der Waals surface area contributed by atoms with Crippen LogP contribution in [0, 0.1) is 0 Å². The van der Waals surface area contributed by atoms with Crippen molar-refractivity contribution in [1.29, 1.82) is 0 Å². The number of anilines is 1. The van der Waals surface area contributed by atoms with Gasteiger partial charge in [-0.05, 0) is 19.1 Å². The number of hydrogen-bond donors (Lipinski definition) is 0. The van der Waals surface area contributed by atoms with Crippen molar-refractivity contribution in [1.82, 2.24) is 9.88 Å². The SMILES string of the molecule is C/C=C/C=C/C(=O)N1CCN(c2ccncc2)CC1. The summed E-state index contributed by atoms with van der Waals surface area (Å²) in [6.07, 6.45) is 10.8. The molecule has 2 rings (SSSR count). The maximum Gasteiger partial charge on any atom is 0.246 e. The van der Waals surface area contributed by atoms with E-state index in [0.717, 1.165) is 26.2 Å². The van der Waals surface area contributed by atoms with Crippen LogP contribution < -0.4 is 4.90 Å². The number of carbonyl (C=O) groups excluding carboxylic acids is 1. The largest absolute Gasteiger partial charge is 0.368 e. The Kier molecular flexibility index (Phi) is 4.72. The van der Waals surface area contributed by atoms with E-state index in [4.69, 9.17) is 0 Å². The molecular weight excluding hydrogens is 238 g/mol. The average Bonchev–Trinajstić information content (AvgIpc) is 2.48. The number of rotatable bonds is 3. The number of aromatic nitrogens is 1. The van der Waals surface area contributed by atoms with Crippen LogP contribution in [0.5, 0.6) is 0 Å². The minimum Gasteiger partial charge on any atom is -0.368 e. The lowest BCUT2D eigenvalue weighted by Gasteiger charge is -2.35. The molecular formula is C15H19N3O. The van der Waals surface area contributed by atoms with E-state index >= 15 is 0 Å². The van der Waals surface area contributed by atoms with Gasteiger partial charge in [0.2, 0.25) is 5.91 Å². The molecule has 0 atom stereocenters. The molecule has 4 heteroatoms. The molecule has 1 aromatic heterocycles. The summed E-state index contributed by atoms with van der Waals surface area (Å²) in [6.45, 7) is 5.20. The Bertz CT molecular complexity index is 460. The van der Waals surface area contributed by atoms with Gasteiger partial charge in [0.05, 0.1) is 0 Å². The number of nitrogens with zero attached hydrogens (tertiary/aromatic N) is 3. The second-order valence-electron chi connectivity index (χ2n) is 4.40. The van der Waals surface area contributed by atoms with Gasteiger partial charge in [0.15, 0.2) is 0 Å². The predicted octanol–water partition coefficient (Wildman–Crippen LogP) is 1.86. The molecule has 0 radical (unpaired) electrons. The van der Waals surface area contributed by atoms with Crippen LogP contribution in [0.2, 0.25) is 0 Å². The van der Waals surface area contributed by atoms with Crippen LogP contribution >= 0.6 is 0 Å². The predicted molar refractivity (Wildman–Crippen MR) is 77.0 cm³/mol. The molecule has 0 N–H and O–H groups in total. The van der Waals surface area contributed by atoms with Gasteiger partial charge in [-0.2, -0.15) is 0 Å². The van der Waals surface area contributed by atoms with Crippen molar-refractivity contribution in [2.75, 3.05) is 31.1 Å². The topological polar surface area (TPSA) is 36.4 Å². The summed E-state index contributed by atoms with van der Waals surface area (Å²) in [6, 6.07) is 4.01. The van der Waals surface area contributed by atoms with Crippen molar-refractivity contribution < 1.29 is 4.79 Å². The normalized spacial score (nSPS) is 16.5. The molecule has 0 unspecified atom stereocenters. The van der Waals surface area contributed by atoms with Gasteiger partial charge in [-0.3, -0.25) is 9.78 Å². The summed E-state index contributed by atoms with van der Waals surface area (Å²) in [5.74, 6) is 0.0903. The lowest BCUT2D eigenvalue weighted by molar-refractivity contribution is -0.126. The molecule has 1 aliphatic heterocycles. The molecule has 1 amide bonds. The zero-order chi connectivity index (χ0) is 13.5. The molecule has 1 saturated heterocycles. The van der Waals surface area contributed by atoms with Gasteiger partial charge < -0.3 is 9.80 Å². The van der Waals surface area contributed by atoms with Crippen LogP contribution in [0.1, 0.15) is 6.92 Å². The summed E-state index contributed by atoms with van der Waals surface area (Å²) in [5, 5.41) is 0. The third-order valence-electron chi connectivity index (χ3n) is 3.16. The Balaban J connectivity index is 1.87. The van der Waals surface area contributed by atoms with Gasteiger partial charge in [0, 0.05) is 50.3 Å². The molecule has 0 bridgehead atoms. The number of carbonyl (C=O) groups is 1. The van der Waals surface area contributed by atoms with Crippen LogP contribution in [0.3, 0.4) is 0 Å². The van der Waals surface area contributed by atoms with Gasteiger partial charge in [-0.1, -0.05) is 18.2 Å². The average molecular weight is 257 g/mol. The van der Waals surface area contributed by atoms with Crippen molar-refractivity contribution in [2.24, 2.45) is 0 Å². The van der Waals surface area contributed by atoms with Crippen LogP contribution in [-0.4, -0.2) is 42.0 Å². The molecule has 2 heterocycles.